The second kappa shape index (κ2) is 10.4. The van der Waals surface area contributed by atoms with E-state index < -0.39 is 0 Å². The Morgan fingerprint density at radius 1 is 1.27 bits per heavy atom. The molecule has 0 aromatic carbocycles. The molecule has 0 unspecified atom stereocenters. The van der Waals surface area contributed by atoms with Crippen LogP contribution in [0, 0.1) is 5.41 Å². The number of ketones is 1. The predicted molar refractivity (Wildman–Crippen MR) is 136 cm³/mol. The number of aromatic amines is 1. The standard InChI is InChI=1S/C28H27N3O2/c1-6-22(29)16-24(19(4)18(2)3)26(32)13-12-20-14-21-15-25(31-28(21)30-17-20)23-10-8-7-9-11-27(23)33-5/h6,8-15,17,29H,1-2,16H2,3-5H3,(H,30,31)/b13-12+,24-19+,29-22?. The van der Waals surface area contributed by atoms with Gasteiger partial charge in [-0.15, -0.1) is 5.73 Å². The molecule has 5 heteroatoms. The summed E-state index contributed by atoms with van der Waals surface area (Å²) in [7, 11) is 1.63. The number of carbonyl (C=O) groups is 1. The van der Waals surface area contributed by atoms with Crippen LogP contribution in [0.3, 0.4) is 0 Å². The van der Waals surface area contributed by atoms with Crippen molar-refractivity contribution in [3.8, 4) is 0 Å². The first-order valence-electron chi connectivity index (χ1n) is 10.5. The lowest BCUT2D eigenvalue weighted by atomic mass is 9.95. The van der Waals surface area contributed by atoms with Crippen LogP contribution in [0.5, 0.6) is 0 Å². The van der Waals surface area contributed by atoms with Crippen LogP contribution >= 0.6 is 0 Å². The molecule has 0 saturated carbocycles. The van der Waals surface area contributed by atoms with Gasteiger partial charge in [-0.05, 0) is 79.6 Å². The molecular weight excluding hydrogens is 410 g/mol. The molecule has 3 rings (SSSR count). The summed E-state index contributed by atoms with van der Waals surface area (Å²) in [5.41, 5.74) is 8.78. The van der Waals surface area contributed by atoms with Crippen molar-refractivity contribution in [2.75, 3.05) is 7.11 Å². The molecule has 166 valence electrons. The fraction of sp³-hybridized carbons (Fsp3) is 0.143. The number of carbonyl (C=O) groups excluding carboxylic acids is 1. The van der Waals surface area contributed by atoms with Crippen LogP contribution in [-0.4, -0.2) is 28.6 Å². The number of pyridine rings is 1. The highest BCUT2D eigenvalue weighted by Gasteiger charge is 2.14. The van der Waals surface area contributed by atoms with E-state index in [1.54, 1.807) is 25.5 Å². The van der Waals surface area contributed by atoms with Crippen LogP contribution in [0.15, 0.2) is 96.2 Å². The van der Waals surface area contributed by atoms with E-state index in [9.17, 15) is 4.79 Å². The Morgan fingerprint density at radius 3 is 2.73 bits per heavy atom. The average molecular weight is 438 g/mol. The third-order valence-corrected chi connectivity index (χ3v) is 5.37. The number of allylic oxidation sites excluding steroid dienone is 9. The van der Waals surface area contributed by atoms with Crippen molar-refractivity contribution in [3.05, 3.63) is 107 Å². The normalized spacial score (nSPS) is 13.9. The highest BCUT2D eigenvalue weighted by molar-refractivity contribution is 6.11. The van der Waals surface area contributed by atoms with Gasteiger partial charge >= 0.3 is 0 Å². The Balaban J connectivity index is 1.90. The van der Waals surface area contributed by atoms with E-state index in [0.29, 0.717) is 5.57 Å². The molecule has 0 aliphatic heterocycles. The first kappa shape index (κ1) is 23.5. The predicted octanol–water partition coefficient (Wildman–Crippen LogP) is 6.27. The van der Waals surface area contributed by atoms with Crippen LogP contribution in [0.2, 0.25) is 0 Å². The number of nitrogens with zero attached hydrogens (tertiary/aromatic N) is 1. The van der Waals surface area contributed by atoms with Crippen LogP contribution in [0.25, 0.3) is 22.7 Å². The summed E-state index contributed by atoms with van der Waals surface area (Å²) in [5.74, 6) is 0.570. The molecule has 0 saturated heterocycles. The maximum Gasteiger partial charge on any atom is 0.182 e. The van der Waals surface area contributed by atoms with E-state index in [0.717, 1.165) is 44.8 Å². The number of hydrogen-bond donors (Lipinski definition) is 2. The molecule has 2 aromatic rings. The highest BCUT2D eigenvalue weighted by atomic mass is 16.5. The number of fused-ring (bicyclic) bond motifs is 1. The van der Waals surface area contributed by atoms with Crippen molar-refractivity contribution in [1.29, 1.82) is 5.41 Å². The molecule has 0 atom stereocenters. The SMILES string of the molecule is C=CC(=N)C/C(C(=O)/C=C/c1cnc2[nH]c(C3=CC=C=CC=C3OC)cc2c1)=C(/C)C(=C)C. The van der Waals surface area contributed by atoms with Gasteiger partial charge in [-0.1, -0.05) is 18.7 Å². The van der Waals surface area contributed by atoms with Gasteiger partial charge in [0.15, 0.2) is 5.78 Å². The van der Waals surface area contributed by atoms with Gasteiger partial charge in [0.05, 0.1) is 12.8 Å². The van der Waals surface area contributed by atoms with Crippen LogP contribution < -0.4 is 0 Å². The summed E-state index contributed by atoms with van der Waals surface area (Å²) in [5, 5.41) is 8.83. The van der Waals surface area contributed by atoms with E-state index in [1.807, 2.05) is 44.2 Å². The Labute approximate surface area is 194 Å². The Bertz CT molecular complexity index is 1340. The molecule has 1 aliphatic rings. The monoisotopic (exact) mass is 437 g/mol. The quantitative estimate of drug-likeness (QED) is 0.210. The van der Waals surface area contributed by atoms with Crippen molar-refractivity contribution in [2.45, 2.75) is 20.3 Å². The Morgan fingerprint density at radius 2 is 2.03 bits per heavy atom. The van der Waals surface area contributed by atoms with Crippen molar-refractivity contribution in [2.24, 2.45) is 0 Å². The van der Waals surface area contributed by atoms with E-state index >= 15 is 0 Å². The van der Waals surface area contributed by atoms with Gasteiger partial charge in [-0.25, -0.2) is 4.98 Å². The molecule has 33 heavy (non-hydrogen) atoms. The van der Waals surface area contributed by atoms with E-state index in [-0.39, 0.29) is 17.9 Å². The van der Waals surface area contributed by atoms with Gasteiger partial charge in [-0.2, -0.15) is 0 Å². The van der Waals surface area contributed by atoms with Gasteiger partial charge in [0, 0.05) is 34.9 Å². The lowest BCUT2D eigenvalue weighted by Crippen LogP contribution is -2.07. The molecular formula is C28H27N3O2. The van der Waals surface area contributed by atoms with Gasteiger partial charge in [0.25, 0.3) is 0 Å². The number of methoxy groups -OCH3 is 1. The molecule has 5 nitrogen and oxygen atoms in total. The number of rotatable bonds is 9. The Hall–Kier alpha value is -4.21. The largest absolute Gasteiger partial charge is 0.496 e. The summed E-state index contributed by atoms with van der Waals surface area (Å²) in [4.78, 5) is 20.7. The topological polar surface area (TPSA) is 78.8 Å². The summed E-state index contributed by atoms with van der Waals surface area (Å²) < 4.78 is 5.50. The number of hydrogen-bond acceptors (Lipinski definition) is 4. The maximum atomic E-state index is 12.9. The molecule has 0 fully saturated rings. The summed E-state index contributed by atoms with van der Waals surface area (Å²) in [6.07, 6.45) is 14.1. The number of ether oxygens (including phenoxy) is 1. The van der Waals surface area contributed by atoms with Crippen molar-refractivity contribution >= 4 is 34.2 Å². The zero-order valence-corrected chi connectivity index (χ0v) is 19.2. The third kappa shape index (κ3) is 5.53. The minimum absolute atomic E-state index is 0.158. The minimum Gasteiger partial charge on any atom is -0.496 e. The molecule has 0 radical (unpaired) electrons. The molecule has 1 aliphatic carbocycles. The highest BCUT2D eigenvalue weighted by Crippen LogP contribution is 2.27. The number of aromatic nitrogens is 2. The lowest BCUT2D eigenvalue weighted by Gasteiger charge is -2.09. The molecule has 2 N–H and O–H groups in total. The van der Waals surface area contributed by atoms with Gasteiger partial charge in [-0.3, -0.25) is 4.79 Å². The van der Waals surface area contributed by atoms with E-state index in [2.05, 4.69) is 28.9 Å². The van der Waals surface area contributed by atoms with Crippen LogP contribution in [-0.2, 0) is 9.53 Å². The number of H-pyrrole nitrogens is 1. The molecule has 2 aromatic heterocycles. The fourth-order valence-electron chi connectivity index (χ4n) is 3.35. The van der Waals surface area contributed by atoms with E-state index in [4.69, 9.17) is 10.1 Å². The smallest absolute Gasteiger partial charge is 0.182 e. The first-order valence-corrected chi connectivity index (χ1v) is 10.5. The fourth-order valence-corrected chi connectivity index (χ4v) is 3.35. The van der Waals surface area contributed by atoms with Gasteiger partial charge in [0.2, 0.25) is 0 Å². The lowest BCUT2D eigenvalue weighted by molar-refractivity contribution is -0.111. The second-order valence-electron chi connectivity index (χ2n) is 7.69. The van der Waals surface area contributed by atoms with Crippen molar-refractivity contribution in [1.82, 2.24) is 9.97 Å². The summed E-state index contributed by atoms with van der Waals surface area (Å²) in [6.45, 7) is 11.3. The average Bonchev–Trinajstić information content (AvgIpc) is 3.08. The van der Waals surface area contributed by atoms with Gasteiger partial charge in [0.1, 0.15) is 11.4 Å². The summed E-state index contributed by atoms with van der Waals surface area (Å²) in [6, 6.07) is 3.97. The minimum atomic E-state index is -0.158. The first-order chi connectivity index (χ1) is 15.8. The van der Waals surface area contributed by atoms with Crippen molar-refractivity contribution in [3.63, 3.8) is 0 Å². The second-order valence-corrected chi connectivity index (χ2v) is 7.69. The Kier molecular flexibility index (Phi) is 7.39. The number of nitrogens with one attached hydrogen (secondary N) is 2. The molecule has 0 bridgehead atoms. The van der Waals surface area contributed by atoms with Gasteiger partial charge < -0.3 is 15.1 Å². The van der Waals surface area contributed by atoms with Crippen LogP contribution in [0.4, 0.5) is 0 Å². The third-order valence-electron chi connectivity index (χ3n) is 5.37. The zero-order valence-electron chi connectivity index (χ0n) is 19.2. The van der Waals surface area contributed by atoms with E-state index in [1.165, 1.54) is 12.2 Å². The van der Waals surface area contributed by atoms with Crippen LogP contribution in [0.1, 0.15) is 31.5 Å². The maximum absolute atomic E-state index is 12.9. The molecule has 0 spiro atoms. The van der Waals surface area contributed by atoms with Crippen molar-refractivity contribution < 1.29 is 9.53 Å². The zero-order chi connectivity index (χ0) is 24.0. The summed E-state index contributed by atoms with van der Waals surface area (Å²) >= 11 is 0. The molecule has 0 amide bonds. The molecule has 2 heterocycles.